The van der Waals surface area contributed by atoms with E-state index in [9.17, 15) is 0 Å². The Hall–Kier alpha value is -0.00623. The monoisotopic (exact) mass is 614 g/mol. The Bertz CT molecular complexity index is 1250. The Kier molecular flexibility index (Phi) is 7.08. The maximum absolute atomic E-state index is 8.18. The molecule has 0 spiro atoms. The number of rotatable bonds is 6. The van der Waals surface area contributed by atoms with Crippen LogP contribution in [0.1, 0.15) is 28.1 Å². The fourth-order valence-corrected chi connectivity index (χ4v) is 92.7. The molecule has 2 aliphatic rings. The van der Waals surface area contributed by atoms with Crippen molar-refractivity contribution in [3.8, 4) is 11.1 Å². The Morgan fingerprint density at radius 2 is 1.45 bits per heavy atom. The van der Waals surface area contributed by atoms with Crippen molar-refractivity contribution in [3.05, 3.63) is 81.2 Å². The summed E-state index contributed by atoms with van der Waals surface area (Å²) >= 11 is -5.15. The average molecular weight is 617 g/mol. The van der Waals surface area contributed by atoms with Gasteiger partial charge >= 0.3 is 188 Å². The van der Waals surface area contributed by atoms with E-state index in [-0.39, 0.29) is 24.8 Å². The van der Waals surface area contributed by atoms with E-state index in [0.717, 1.165) is 10.5 Å². The molecule has 0 aromatic heterocycles. The molecular weight excluding hydrogens is 575 g/mol. The van der Waals surface area contributed by atoms with Crippen LogP contribution in [0.15, 0.2) is 70.0 Å². The molecule has 0 heterocycles. The summed E-state index contributed by atoms with van der Waals surface area (Å²) in [7, 11) is -1.91. The van der Waals surface area contributed by atoms with Gasteiger partial charge in [-0.05, 0) is 0 Å². The molecular formula is C26H42Cl2OSi3Zr. The van der Waals surface area contributed by atoms with E-state index in [4.69, 9.17) is 2.50 Å². The molecule has 2 aliphatic carbocycles. The molecule has 1 nitrogen and oxygen atoms in total. The summed E-state index contributed by atoms with van der Waals surface area (Å²) < 4.78 is 14.1. The third kappa shape index (κ3) is 3.40. The Morgan fingerprint density at radius 1 is 0.970 bits per heavy atom. The number of benzene rings is 2. The van der Waals surface area contributed by atoms with Gasteiger partial charge in [0.2, 0.25) is 0 Å². The SMILES string of the molecule is C[CH2][Zr]([CH3])(=[SiH2])([O][Si](C)(C)C)([C]1=CC=CC1)([CH]1c2ccccc2-c2ccccc21)[SiH](C)C.Cl.Cl. The van der Waals surface area contributed by atoms with E-state index in [1.54, 1.807) is 3.28 Å². The van der Waals surface area contributed by atoms with E-state index in [1.165, 1.54) is 22.3 Å². The Morgan fingerprint density at radius 3 is 1.82 bits per heavy atom. The first-order valence-corrected chi connectivity index (χ1v) is 36.3. The minimum absolute atomic E-state index is 0. The standard InChI is InChI=1S/C13H9.C5H5.C3H9OSi.C2H7Si.C2H5.CH3.2ClH.H2Si.Zr/c1-3-7-12-10(5-1)9-11-6-2-4-8-13(11)12;1-2-4-5-3-1;1-5(2,3)4;1-3-2;1-2;;;;;/h1-9H;1-3H,4H2;1-3H3;3H,1-2H3;1H2,2H3;1H3;2*1H;1H2;/q;;-1;;;;;;;+1. The zero-order valence-corrected chi connectivity index (χ0v) is 29.0. The minimum atomic E-state index is -5.15. The zero-order valence-electron chi connectivity index (χ0n) is 21.4. The number of allylic oxidation sites excluding steroid dienone is 4. The first kappa shape index (κ1) is 29.2. The van der Waals surface area contributed by atoms with Crippen LogP contribution in [0.25, 0.3) is 11.1 Å². The zero-order chi connectivity index (χ0) is 22.8. The summed E-state index contributed by atoms with van der Waals surface area (Å²) in [4.78, 5) is 0. The smallest absolute Gasteiger partial charge is 0.147 e. The van der Waals surface area contributed by atoms with Crippen LogP contribution in [0.3, 0.4) is 0 Å². The summed E-state index contributed by atoms with van der Waals surface area (Å²) in [6, 6.07) is 18.5. The van der Waals surface area contributed by atoms with Gasteiger partial charge < -0.3 is 0 Å². The molecule has 7 heteroatoms. The first-order valence-electron chi connectivity index (χ1n) is 12.0. The fraction of sp³-hybridized carbons (Fsp3) is 0.385. The van der Waals surface area contributed by atoms with Crippen molar-refractivity contribution in [2.75, 3.05) is 0 Å². The predicted molar refractivity (Wildman–Crippen MR) is 158 cm³/mol. The van der Waals surface area contributed by atoms with Crippen LogP contribution in [0.5, 0.6) is 0 Å². The van der Waals surface area contributed by atoms with E-state index in [0.29, 0.717) is 3.63 Å². The molecule has 0 saturated carbocycles. The third-order valence-electron chi connectivity index (χ3n) is 10.3. The molecule has 33 heavy (non-hydrogen) atoms. The summed E-state index contributed by atoms with van der Waals surface area (Å²) in [5.41, 5.74) is 5.91. The van der Waals surface area contributed by atoms with Crippen LogP contribution >= 0.6 is 24.8 Å². The van der Waals surface area contributed by atoms with Crippen molar-refractivity contribution in [2.45, 2.75) is 58.5 Å². The summed E-state index contributed by atoms with van der Waals surface area (Å²) in [5.74, 6) is -1.40. The number of hydrogen-bond acceptors (Lipinski definition) is 1. The van der Waals surface area contributed by atoms with E-state index < -0.39 is 28.3 Å². The average Bonchev–Trinajstić information content (AvgIpc) is 3.35. The van der Waals surface area contributed by atoms with Gasteiger partial charge in [0, 0.05) is 0 Å². The van der Waals surface area contributed by atoms with Crippen molar-refractivity contribution >= 4 is 45.9 Å². The molecule has 0 fully saturated rings. The van der Waals surface area contributed by atoms with Gasteiger partial charge in [0.1, 0.15) is 0 Å². The Balaban J connectivity index is 0.00000193. The van der Waals surface area contributed by atoms with Crippen LogP contribution in [0, 0.1) is 0 Å². The van der Waals surface area contributed by atoms with Crippen LogP contribution < -0.4 is 0 Å². The minimum Gasteiger partial charge on any atom is -0.147 e. The molecule has 2 aromatic carbocycles. The van der Waals surface area contributed by atoms with Crippen LogP contribution in [-0.4, -0.2) is 21.1 Å². The molecule has 0 radical (unpaired) electrons. The van der Waals surface area contributed by atoms with Crippen LogP contribution in [-0.2, 0) is 16.5 Å². The molecule has 0 aliphatic heterocycles. The fourth-order valence-electron chi connectivity index (χ4n) is 7.84. The summed E-state index contributed by atoms with van der Waals surface area (Å²) in [6.07, 6.45) is 8.25. The van der Waals surface area contributed by atoms with Crippen LogP contribution in [0.4, 0.5) is 0 Å². The maximum Gasteiger partial charge on any atom is -0.147 e. The second kappa shape index (κ2) is 8.00. The second-order valence-corrected chi connectivity index (χ2v) is 89.2. The van der Waals surface area contributed by atoms with Crippen molar-refractivity contribution in [3.63, 3.8) is 0 Å². The molecule has 0 amide bonds. The Labute approximate surface area is 211 Å². The molecule has 182 valence electrons. The van der Waals surface area contributed by atoms with E-state index in [2.05, 4.69) is 118 Å². The topological polar surface area (TPSA) is 9.23 Å². The molecule has 4 rings (SSSR count). The number of halogens is 2. The van der Waals surface area contributed by atoms with Crippen molar-refractivity contribution < 1.29 is 16.5 Å². The van der Waals surface area contributed by atoms with Gasteiger partial charge in [-0.1, -0.05) is 0 Å². The maximum atomic E-state index is 8.18. The van der Waals surface area contributed by atoms with Gasteiger partial charge in [-0.15, -0.1) is 24.8 Å². The third-order valence-corrected chi connectivity index (χ3v) is 115. The van der Waals surface area contributed by atoms with Crippen LogP contribution in [0.2, 0.25) is 41.5 Å². The van der Waals surface area contributed by atoms with Gasteiger partial charge in [0.25, 0.3) is 0 Å². The van der Waals surface area contributed by atoms with Gasteiger partial charge in [-0.25, -0.2) is 0 Å². The molecule has 0 unspecified atom stereocenters. The van der Waals surface area contributed by atoms with E-state index in [1.807, 2.05) is 0 Å². The molecule has 0 atom stereocenters. The predicted octanol–water partition coefficient (Wildman–Crippen LogP) is 7.99. The second-order valence-electron chi connectivity index (χ2n) is 12.9. The van der Waals surface area contributed by atoms with Gasteiger partial charge in [0.15, 0.2) is 0 Å². The summed E-state index contributed by atoms with van der Waals surface area (Å²) in [5, 5.41) is 0. The largest absolute Gasteiger partial charge is 0.147 e. The summed E-state index contributed by atoms with van der Waals surface area (Å²) in [6.45, 7) is 17.5. The molecule has 2 aromatic rings. The van der Waals surface area contributed by atoms with Gasteiger partial charge in [-0.2, -0.15) is 0 Å². The molecule has 0 bridgehead atoms. The first-order chi connectivity index (χ1) is 14.3. The quantitative estimate of drug-likeness (QED) is 0.299. The van der Waals surface area contributed by atoms with Gasteiger partial charge in [-0.3, -0.25) is 0 Å². The molecule has 0 saturated heterocycles. The number of fused-ring (bicyclic) bond motifs is 3. The van der Waals surface area contributed by atoms with Crippen molar-refractivity contribution in [1.82, 2.24) is 0 Å². The molecule has 0 N–H and O–H groups in total. The van der Waals surface area contributed by atoms with Crippen molar-refractivity contribution in [2.24, 2.45) is 0 Å². The van der Waals surface area contributed by atoms with E-state index >= 15 is 0 Å². The van der Waals surface area contributed by atoms with Crippen molar-refractivity contribution in [1.29, 1.82) is 0 Å². The van der Waals surface area contributed by atoms with Gasteiger partial charge in [0.05, 0.1) is 0 Å². The normalized spacial score (nSPS) is 18.7. The number of hydrogen-bond donors (Lipinski definition) is 0.